The van der Waals surface area contributed by atoms with Crippen LogP contribution in [0.25, 0.3) is 0 Å². The fourth-order valence-electron chi connectivity index (χ4n) is 1.69. The number of aryl methyl sites for hydroxylation is 2. The van der Waals surface area contributed by atoms with Crippen LogP contribution in [0.4, 0.5) is 4.39 Å². The van der Waals surface area contributed by atoms with Crippen molar-refractivity contribution in [3.05, 3.63) is 47.0 Å². The van der Waals surface area contributed by atoms with E-state index in [1.165, 1.54) is 11.1 Å². The van der Waals surface area contributed by atoms with Crippen LogP contribution in [-0.2, 0) is 13.1 Å². The summed E-state index contributed by atoms with van der Waals surface area (Å²) in [6, 6.07) is 6.07. The molecule has 0 heterocycles. The van der Waals surface area contributed by atoms with Crippen LogP contribution >= 0.6 is 0 Å². The highest BCUT2D eigenvalue weighted by Crippen LogP contribution is 2.27. The van der Waals surface area contributed by atoms with E-state index >= 15 is 0 Å². The minimum absolute atomic E-state index is 0.160. The molecule has 0 saturated heterocycles. The molecule has 0 aliphatic carbocycles. The Kier molecular flexibility index (Phi) is 4.50. The van der Waals surface area contributed by atoms with Gasteiger partial charge < -0.3 is 0 Å². The standard InChI is InChI=1S/C16H23F/c1-12-6-8-14(10-15(12)11-17)9-7-13(2)16(3,4)5/h6,8,10H,2,7,9,11H2,1,3-5H3. The summed E-state index contributed by atoms with van der Waals surface area (Å²) in [7, 11) is 0. The van der Waals surface area contributed by atoms with Crippen molar-refractivity contribution in [3.63, 3.8) is 0 Å². The third kappa shape index (κ3) is 3.99. The van der Waals surface area contributed by atoms with Gasteiger partial charge in [-0.2, -0.15) is 0 Å². The summed E-state index contributed by atoms with van der Waals surface area (Å²) in [4.78, 5) is 0. The first-order valence-electron chi connectivity index (χ1n) is 6.17. The van der Waals surface area contributed by atoms with Crippen LogP contribution in [0.5, 0.6) is 0 Å². The Hall–Kier alpha value is -1.11. The molecule has 0 aromatic heterocycles. The molecule has 0 spiro atoms. The summed E-state index contributed by atoms with van der Waals surface area (Å²) in [6.45, 7) is 12.2. The molecular formula is C16H23F. The van der Waals surface area contributed by atoms with E-state index in [2.05, 4.69) is 33.4 Å². The minimum atomic E-state index is -0.375. The van der Waals surface area contributed by atoms with E-state index in [-0.39, 0.29) is 12.1 Å². The topological polar surface area (TPSA) is 0 Å². The number of alkyl halides is 1. The maximum Gasteiger partial charge on any atom is 0.115 e. The minimum Gasteiger partial charge on any atom is -0.246 e. The van der Waals surface area contributed by atoms with E-state index in [1.54, 1.807) is 0 Å². The van der Waals surface area contributed by atoms with Gasteiger partial charge in [0.1, 0.15) is 6.67 Å². The van der Waals surface area contributed by atoms with Crippen LogP contribution in [0.3, 0.4) is 0 Å². The number of hydrogen-bond donors (Lipinski definition) is 0. The van der Waals surface area contributed by atoms with Crippen LogP contribution in [0.1, 0.15) is 43.9 Å². The van der Waals surface area contributed by atoms with Crippen LogP contribution < -0.4 is 0 Å². The molecule has 0 nitrogen and oxygen atoms in total. The zero-order chi connectivity index (χ0) is 13.1. The molecule has 94 valence electrons. The van der Waals surface area contributed by atoms with Crippen LogP contribution in [0, 0.1) is 12.3 Å². The summed E-state index contributed by atoms with van der Waals surface area (Å²) in [5.74, 6) is 0. The highest BCUT2D eigenvalue weighted by molar-refractivity contribution is 5.31. The van der Waals surface area contributed by atoms with Crippen molar-refractivity contribution in [2.24, 2.45) is 5.41 Å². The molecule has 0 unspecified atom stereocenters. The molecule has 17 heavy (non-hydrogen) atoms. The van der Waals surface area contributed by atoms with E-state index < -0.39 is 0 Å². The Morgan fingerprint density at radius 2 is 1.94 bits per heavy atom. The molecule has 0 radical (unpaired) electrons. The lowest BCUT2D eigenvalue weighted by atomic mass is 9.84. The van der Waals surface area contributed by atoms with E-state index in [9.17, 15) is 4.39 Å². The van der Waals surface area contributed by atoms with Crippen molar-refractivity contribution >= 4 is 0 Å². The first-order chi connectivity index (χ1) is 7.84. The molecule has 0 bridgehead atoms. The number of allylic oxidation sites excluding steroid dienone is 1. The smallest absolute Gasteiger partial charge is 0.115 e. The van der Waals surface area contributed by atoms with Crippen molar-refractivity contribution < 1.29 is 4.39 Å². The fourth-order valence-corrected chi connectivity index (χ4v) is 1.69. The average molecular weight is 234 g/mol. The molecule has 1 aromatic carbocycles. The summed E-state index contributed by atoms with van der Waals surface area (Å²) in [5.41, 5.74) is 4.46. The van der Waals surface area contributed by atoms with Crippen molar-refractivity contribution in [2.45, 2.75) is 47.2 Å². The Labute approximate surface area is 105 Å². The molecule has 0 amide bonds. The zero-order valence-corrected chi connectivity index (χ0v) is 11.4. The van der Waals surface area contributed by atoms with Gasteiger partial charge in [-0.15, -0.1) is 0 Å². The summed E-state index contributed by atoms with van der Waals surface area (Å²) in [6.07, 6.45) is 1.92. The molecular weight excluding hydrogens is 211 g/mol. The first kappa shape index (κ1) is 14.0. The highest BCUT2D eigenvalue weighted by Gasteiger charge is 2.14. The molecule has 0 aliphatic heterocycles. The lowest BCUT2D eigenvalue weighted by Gasteiger charge is -2.21. The van der Waals surface area contributed by atoms with Crippen LogP contribution in [-0.4, -0.2) is 0 Å². The lowest BCUT2D eigenvalue weighted by Crippen LogP contribution is -2.09. The monoisotopic (exact) mass is 234 g/mol. The van der Waals surface area contributed by atoms with E-state index in [0.29, 0.717) is 0 Å². The van der Waals surface area contributed by atoms with Gasteiger partial charge in [0.25, 0.3) is 0 Å². The van der Waals surface area contributed by atoms with Crippen molar-refractivity contribution in [1.29, 1.82) is 0 Å². The lowest BCUT2D eigenvalue weighted by molar-refractivity contribution is 0.480. The van der Waals surface area contributed by atoms with Gasteiger partial charge in [0, 0.05) is 0 Å². The van der Waals surface area contributed by atoms with E-state index in [1.807, 2.05) is 19.1 Å². The molecule has 1 aromatic rings. The molecule has 0 fully saturated rings. The van der Waals surface area contributed by atoms with Gasteiger partial charge in [0.15, 0.2) is 0 Å². The van der Waals surface area contributed by atoms with Crippen molar-refractivity contribution in [1.82, 2.24) is 0 Å². The number of halogens is 1. The predicted octanol–water partition coefficient (Wildman–Crippen LogP) is 5.00. The van der Waals surface area contributed by atoms with E-state index in [0.717, 1.165) is 24.0 Å². The van der Waals surface area contributed by atoms with Gasteiger partial charge >= 0.3 is 0 Å². The SMILES string of the molecule is C=C(CCc1ccc(C)c(CF)c1)C(C)(C)C. The quantitative estimate of drug-likeness (QED) is 0.643. The van der Waals surface area contributed by atoms with Crippen LogP contribution in [0.2, 0.25) is 0 Å². The molecule has 1 rings (SSSR count). The van der Waals surface area contributed by atoms with Crippen molar-refractivity contribution in [3.8, 4) is 0 Å². The van der Waals surface area contributed by atoms with Gasteiger partial charge in [-0.1, -0.05) is 51.1 Å². The van der Waals surface area contributed by atoms with Crippen molar-refractivity contribution in [2.75, 3.05) is 0 Å². The second-order valence-electron chi connectivity index (χ2n) is 5.75. The first-order valence-corrected chi connectivity index (χ1v) is 6.17. The third-order valence-electron chi connectivity index (χ3n) is 3.33. The molecule has 0 N–H and O–H groups in total. The second-order valence-corrected chi connectivity index (χ2v) is 5.75. The molecule has 0 saturated carbocycles. The maximum absolute atomic E-state index is 12.7. The normalized spacial score (nSPS) is 11.6. The number of hydrogen-bond acceptors (Lipinski definition) is 0. The summed E-state index contributed by atoms with van der Waals surface area (Å²) in [5, 5.41) is 0. The van der Waals surface area contributed by atoms with Gasteiger partial charge in [-0.3, -0.25) is 0 Å². The fraction of sp³-hybridized carbons (Fsp3) is 0.500. The van der Waals surface area contributed by atoms with Gasteiger partial charge in [0.05, 0.1) is 0 Å². The predicted molar refractivity (Wildman–Crippen MR) is 72.9 cm³/mol. The number of rotatable bonds is 4. The van der Waals surface area contributed by atoms with E-state index in [4.69, 9.17) is 0 Å². The second kappa shape index (κ2) is 5.48. The highest BCUT2D eigenvalue weighted by atomic mass is 19.1. The Morgan fingerprint density at radius 1 is 1.29 bits per heavy atom. The summed E-state index contributed by atoms with van der Waals surface area (Å²) < 4.78 is 12.7. The van der Waals surface area contributed by atoms with Crippen LogP contribution in [0.15, 0.2) is 30.4 Å². The van der Waals surface area contributed by atoms with Gasteiger partial charge in [-0.25, -0.2) is 4.39 Å². The molecule has 0 aliphatic rings. The maximum atomic E-state index is 12.7. The Bertz CT molecular complexity index is 396. The summed E-state index contributed by atoms with van der Waals surface area (Å²) >= 11 is 0. The average Bonchev–Trinajstić information content (AvgIpc) is 2.26. The zero-order valence-electron chi connectivity index (χ0n) is 11.4. The van der Waals surface area contributed by atoms with Gasteiger partial charge in [0.2, 0.25) is 0 Å². The Balaban J connectivity index is 2.67. The van der Waals surface area contributed by atoms with Gasteiger partial charge in [-0.05, 0) is 41.9 Å². The third-order valence-corrected chi connectivity index (χ3v) is 3.33. The molecule has 0 atom stereocenters. The largest absolute Gasteiger partial charge is 0.246 e. The molecule has 1 heteroatoms. The Morgan fingerprint density at radius 3 is 2.47 bits per heavy atom. The number of benzene rings is 1.